The van der Waals surface area contributed by atoms with Gasteiger partial charge in [-0.05, 0) is 43.3 Å². The molecule has 1 unspecified atom stereocenters. The maximum Gasteiger partial charge on any atom is 0.196 e. The number of nitrogens with zero attached hydrogens (tertiary/aromatic N) is 3. The van der Waals surface area contributed by atoms with Gasteiger partial charge in [0, 0.05) is 15.7 Å². The van der Waals surface area contributed by atoms with E-state index in [0.29, 0.717) is 28.0 Å². The summed E-state index contributed by atoms with van der Waals surface area (Å²) in [6.45, 7) is 1.91. The van der Waals surface area contributed by atoms with Gasteiger partial charge >= 0.3 is 0 Å². The molecule has 0 amide bonds. The lowest BCUT2D eigenvalue weighted by atomic mass is 10.2. The van der Waals surface area contributed by atoms with Crippen molar-refractivity contribution in [3.63, 3.8) is 0 Å². The molecule has 3 aromatic carbocycles. The average molecular weight is 524 g/mol. The Balaban J connectivity index is 1.60. The van der Waals surface area contributed by atoms with Gasteiger partial charge in [0.2, 0.25) is 0 Å². The number of thioether (sulfide) groups is 1. The number of rotatable bonds is 9. The van der Waals surface area contributed by atoms with Crippen LogP contribution in [0, 0.1) is 0 Å². The number of ether oxygens (including phenoxy) is 2. The molecule has 0 bridgehead atoms. The first-order valence-electron chi connectivity index (χ1n) is 10.3. The number of hydrogen-bond acceptors (Lipinski definition) is 6. The molecule has 1 aromatic heterocycles. The van der Waals surface area contributed by atoms with E-state index in [4.69, 9.17) is 9.47 Å². The predicted molar refractivity (Wildman–Crippen MR) is 133 cm³/mol. The molecular weight excluding hydrogens is 502 g/mol. The molecule has 0 aliphatic heterocycles. The molecule has 0 saturated carbocycles. The fourth-order valence-corrected chi connectivity index (χ4v) is 4.38. The van der Waals surface area contributed by atoms with Gasteiger partial charge in [-0.25, -0.2) is 0 Å². The van der Waals surface area contributed by atoms with E-state index in [0.717, 1.165) is 10.2 Å². The van der Waals surface area contributed by atoms with Crippen molar-refractivity contribution in [1.82, 2.24) is 14.8 Å². The first kappa shape index (κ1) is 23.1. The number of ketones is 1. The van der Waals surface area contributed by atoms with Crippen molar-refractivity contribution >= 4 is 33.5 Å². The zero-order valence-electron chi connectivity index (χ0n) is 18.1. The van der Waals surface area contributed by atoms with Crippen LogP contribution in [0.3, 0.4) is 0 Å². The van der Waals surface area contributed by atoms with Crippen LogP contribution in [0.25, 0.3) is 5.69 Å². The number of methoxy groups -OCH3 is 1. The highest BCUT2D eigenvalue weighted by Gasteiger charge is 2.22. The van der Waals surface area contributed by atoms with Crippen LogP contribution in [-0.4, -0.2) is 33.4 Å². The molecule has 8 heteroatoms. The lowest BCUT2D eigenvalue weighted by molar-refractivity contribution is 0.102. The van der Waals surface area contributed by atoms with Crippen molar-refractivity contribution in [2.45, 2.75) is 18.2 Å². The minimum absolute atomic E-state index is 0.0231. The third kappa shape index (κ3) is 5.46. The third-order valence-corrected chi connectivity index (χ3v) is 6.37. The Morgan fingerprint density at radius 2 is 1.64 bits per heavy atom. The maximum absolute atomic E-state index is 12.7. The molecule has 168 valence electrons. The molecular formula is C25H22BrN3O3S. The maximum atomic E-state index is 12.7. The summed E-state index contributed by atoms with van der Waals surface area (Å²) in [4.78, 5) is 12.7. The largest absolute Gasteiger partial charge is 0.493 e. The Morgan fingerprint density at radius 3 is 2.33 bits per heavy atom. The van der Waals surface area contributed by atoms with Gasteiger partial charge in [0.25, 0.3) is 0 Å². The summed E-state index contributed by atoms with van der Waals surface area (Å²) in [7, 11) is 1.61. The van der Waals surface area contributed by atoms with Gasteiger partial charge < -0.3 is 9.47 Å². The van der Waals surface area contributed by atoms with Crippen LogP contribution < -0.4 is 9.47 Å². The quantitative estimate of drug-likeness (QED) is 0.193. The molecule has 33 heavy (non-hydrogen) atoms. The van der Waals surface area contributed by atoms with Gasteiger partial charge in [-0.15, -0.1) is 10.2 Å². The van der Waals surface area contributed by atoms with Gasteiger partial charge in [-0.1, -0.05) is 70.2 Å². The van der Waals surface area contributed by atoms with Gasteiger partial charge in [-0.2, -0.15) is 0 Å². The minimum atomic E-state index is -0.412. The highest BCUT2D eigenvalue weighted by molar-refractivity contribution is 9.10. The standard InChI is InChI=1S/C25H22BrN3O3S/c1-17(32-23-11-7-6-10-22(23)31-2)24-27-28-25(29(24)20-8-4-3-5-9-20)33-16-21(30)18-12-14-19(26)15-13-18/h3-15,17H,16H2,1-2H3. The normalized spacial score (nSPS) is 11.7. The molecule has 0 aliphatic rings. The molecule has 4 rings (SSSR count). The Bertz CT molecular complexity index is 1230. The minimum Gasteiger partial charge on any atom is -0.493 e. The van der Waals surface area contributed by atoms with Crippen molar-refractivity contribution in [2.24, 2.45) is 0 Å². The Hall–Kier alpha value is -3.10. The number of benzene rings is 3. The fraction of sp³-hybridized carbons (Fsp3) is 0.160. The summed E-state index contributed by atoms with van der Waals surface area (Å²) < 4.78 is 14.4. The third-order valence-electron chi connectivity index (χ3n) is 4.91. The second kappa shape index (κ2) is 10.7. The molecule has 4 aromatic rings. The lowest BCUT2D eigenvalue weighted by Gasteiger charge is -2.18. The molecule has 0 fully saturated rings. The number of aromatic nitrogens is 3. The monoisotopic (exact) mass is 523 g/mol. The van der Waals surface area contributed by atoms with Crippen LogP contribution in [0.2, 0.25) is 0 Å². The van der Waals surface area contributed by atoms with E-state index in [1.807, 2.05) is 90.4 Å². The Labute approximate surface area is 205 Å². The molecule has 0 saturated heterocycles. The zero-order chi connectivity index (χ0) is 23.2. The molecule has 1 atom stereocenters. The topological polar surface area (TPSA) is 66.2 Å². The van der Waals surface area contributed by atoms with Gasteiger partial charge in [0.15, 0.2) is 34.4 Å². The van der Waals surface area contributed by atoms with E-state index in [1.54, 1.807) is 7.11 Å². The second-order valence-corrected chi connectivity index (χ2v) is 9.00. The van der Waals surface area contributed by atoms with Crippen LogP contribution in [0.1, 0.15) is 29.2 Å². The molecule has 1 heterocycles. The van der Waals surface area contributed by atoms with Crippen LogP contribution in [0.4, 0.5) is 0 Å². The Morgan fingerprint density at radius 1 is 0.970 bits per heavy atom. The van der Waals surface area contributed by atoms with E-state index in [2.05, 4.69) is 26.1 Å². The van der Waals surface area contributed by atoms with Gasteiger partial charge in [0.1, 0.15) is 0 Å². The van der Waals surface area contributed by atoms with Crippen molar-refractivity contribution in [1.29, 1.82) is 0 Å². The van der Waals surface area contributed by atoms with Crippen molar-refractivity contribution in [3.05, 3.63) is 94.7 Å². The summed E-state index contributed by atoms with van der Waals surface area (Å²) in [5.74, 6) is 2.16. The summed E-state index contributed by atoms with van der Waals surface area (Å²) >= 11 is 4.75. The van der Waals surface area contributed by atoms with Crippen molar-refractivity contribution in [3.8, 4) is 17.2 Å². The van der Waals surface area contributed by atoms with Crippen molar-refractivity contribution in [2.75, 3.05) is 12.9 Å². The highest BCUT2D eigenvalue weighted by Crippen LogP contribution is 2.32. The number of para-hydroxylation sites is 3. The first-order chi connectivity index (χ1) is 16.1. The van der Waals surface area contributed by atoms with E-state index >= 15 is 0 Å². The summed E-state index contributed by atoms with van der Waals surface area (Å²) in [6, 6.07) is 24.6. The Kier molecular flexibility index (Phi) is 7.47. The number of carbonyl (C=O) groups excluding carboxylic acids is 1. The summed E-state index contributed by atoms with van der Waals surface area (Å²) in [6.07, 6.45) is -0.412. The van der Waals surface area contributed by atoms with Gasteiger partial charge in [-0.3, -0.25) is 9.36 Å². The predicted octanol–water partition coefficient (Wildman–Crippen LogP) is 6.15. The molecule has 0 radical (unpaired) electrons. The number of hydrogen-bond donors (Lipinski definition) is 0. The first-order valence-corrected chi connectivity index (χ1v) is 12.1. The van der Waals surface area contributed by atoms with E-state index < -0.39 is 6.10 Å². The molecule has 0 aliphatic carbocycles. The van der Waals surface area contributed by atoms with Crippen LogP contribution in [-0.2, 0) is 0 Å². The summed E-state index contributed by atoms with van der Waals surface area (Å²) in [5.41, 5.74) is 1.55. The highest BCUT2D eigenvalue weighted by atomic mass is 79.9. The van der Waals surface area contributed by atoms with Crippen LogP contribution in [0.15, 0.2) is 88.5 Å². The van der Waals surface area contributed by atoms with E-state index in [9.17, 15) is 4.79 Å². The molecule has 6 nitrogen and oxygen atoms in total. The number of Topliss-reactive ketones (excluding diaryl/α,β-unsaturated/α-hetero) is 1. The van der Waals surface area contributed by atoms with Crippen LogP contribution in [0.5, 0.6) is 11.5 Å². The SMILES string of the molecule is COc1ccccc1OC(C)c1nnc(SCC(=O)c2ccc(Br)cc2)n1-c1ccccc1. The molecule has 0 spiro atoms. The smallest absolute Gasteiger partial charge is 0.196 e. The number of halogens is 1. The van der Waals surface area contributed by atoms with E-state index in [-0.39, 0.29) is 11.5 Å². The van der Waals surface area contributed by atoms with Crippen LogP contribution >= 0.6 is 27.7 Å². The van der Waals surface area contributed by atoms with Crippen molar-refractivity contribution < 1.29 is 14.3 Å². The van der Waals surface area contributed by atoms with Gasteiger partial charge in [0.05, 0.1) is 12.9 Å². The van der Waals surface area contributed by atoms with E-state index in [1.165, 1.54) is 11.8 Å². The zero-order valence-corrected chi connectivity index (χ0v) is 20.5. The average Bonchev–Trinajstić information content (AvgIpc) is 3.28. The second-order valence-electron chi connectivity index (χ2n) is 7.14. The molecule has 0 N–H and O–H groups in total. The lowest BCUT2D eigenvalue weighted by Crippen LogP contribution is -2.12. The summed E-state index contributed by atoms with van der Waals surface area (Å²) in [5, 5.41) is 9.42. The number of carbonyl (C=O) groups is 1. The fourth-order valence-electron chi connectivity index (χ4n) is 3.27.